The number of nitrogens with zero attached hydrogens (tertiary/aromatic N) is 1. The Kier molecular flexibility index (Phi) is 5.42. The normalized spacial score (nSPS) is 8.62. The van der Waals surface area contributed by atoms with Gasteiger partial charge in [-0.05, 0) is 6.07 Å². The molecular weight excluding hydrogens is 211 g/mol. The van der Waals surface area contributed by atoms with Crippen molar-refractivity contribution in [3.8, 4) is 0 Å². The maximum atomic E-state index is 10.6. The van der Waals surface area contributed by atoms with Crippen molar-refractivity contribution in [2.24, 2.45) is 5.73 Å². The number of aromatic nitrogens is 1. The lowest BCUT2D eigenvalue weighted by Gasteiger charge is -1.97. The minimum atomic E-state index is -0.612. The molecule has 0 radical (unpaired) electrons. The van der Waals surface area contributed by atoms with E-state index in [-0.39, 0.29) is 15.7 Å². The second-order valence-electron chi connectivity index (χ2n) is 1.85. The van der Waals surface area contributed by atoms with Crippen LogP contribution in [0.15, 0.2) is 12.3 Å². The first-order valence-corrected chi connectivity index (χ1v) is 4.47. The van der Waals surface area contributed by atoms with Crippen LogP contribution in [0.5, 0.6) is 0 Å². The minimum Gasteiger partial charge on any atom is -0.366 e. The molecule has 1 rings (SSSR count). The quantitative estimate of drug-likeness (QED) is 0.740. The van der Waals surface area contributed by atoms with Crippen LogP contribution in [-0.2, 0) is 0 Å². The molecule has 0 saturated carbocycles. The van der Waals surface area contributed by atoms with Crippen molar-refractivity contribution in [2.75, 3.05) is 0 Å². The molecule has 5 heteroatoms. The molecule has 2 N–H and O–H groups in total. The fourth-order valence-electron chi connectivity index (χ4n) is 0.589. The highest BCUT2D eigenvalue weighted by Gasteiger charge is 2.06. The zero-order valence-corrected chi connectivity index (χ0v) is 8.86. The molecule has 1 aromatic rings. The molecule has 0 atom stereocenters. The van der Waals surface area contributed by atoms with E-state index in [2.05, 4.69) is 4.98 Å². The molecule has 0 aromatic carbocycles. The van der Waals surface area contributed by atoms with Crippen molar-refractivity contribution in [3.63, 3.8) is 0 Å². The first-order chi connectivity index (χ1) is 6.11. The van der Waals surface area contributed by atoms with Gasteiger partial charge >= 0.3 is 0 Å². The standard InChI is InChI=1S/C6H4Cl2N2O.C2H6/c7-4-1-5(8)10-2-3(4)6(9)11;1-2/h1-2H,(H2,9,11);1-2H3. The lowest BCUT2D eigenvalue weighted by atomic mass is 10.3. The summed E-state index contributed by atoms with van der Waals surface area (Å²) in [7, 11) is 0. The van der Waals surface area contributed by atoms with Gasteiger partial charge in [0.1, 0.15) is 5.15 Å². The molecule has 3 nitrogen and oxygen atoms in total. The topological polar surface area (TPSA) is 56.0 Å². The summed E-state index contributed by atoms with van der Waals surface area (Å²) in [5, 5.41) is 0.456. The Bertz CT molecular complexity index is 302. The van der Waals surface area contributed by atoms with E-state index in [0.717, 1.165) is 0 Å². The van der Waals surface area contributed by atoms with E-state index >= 15 is 0 Å². The third kappa shape index (κ3) is 3.61. The van der Waals surface area contributed by atoms with Gasteiger partial charge in [0.2, 0.25) is 0 Å². The molecule has 0 aliphatic carbocycles. The van der Waals surface area contributed by atoms with Gasteiger partial charge in [-0.3, -0.25) is 4.79 Å². The number of nitrogens with two attached hydrogens (primary N) is 1. The summed E-state index contributed by atoms with van der Waals surface area (Å²) >= 11 is 11.1. The number of pyridine rings is 1. The van der Waals surface area contributed by atoms with Crippen molar-refractivity contribution in [2.45, 2.75) is 13.8 Å². The number of amides is 1. The SMILES string of the molecule is CC.NC(=O)c1cnc(Cl)cc1Cl. The fraction of sp³-hybridized carbons (Fsp3) is 0.250. The Morgan fingerprint density at radius 1 is 1.46 bits per heavy atom. The summed E-state index contributed by atoms with van der Waals surface area (Å²) in [4.78, 5) is 14.2. The largest absolute Gasteiger partial charge is 0.366 e. The van der Waals surface area contributed by atoms with Crippen LogP contribution in [0.1, 0.15) is 24.2 Å². The molecular formula is C8H10Cl2N2O. The molecule has 1 amide bonds. The van der Waals surface area contributed by atoms with Gasteiger partial charge < -0.3 is 5.73 Å². The van der Waals surface area contributed by atoms with Crippen LogP contribution in [0, 0.1) is 0 Å². The minimum absolute atomic E-state index is 0.177. The number of carbonyl (C=O) groups excluding carboxylic acids is 1. The summed E-state index contributed by atoms with van der Waals surface area (Å²) < 4.78 is 0. The molecule has 13 heavy (non-hydrogen) atoms. The summed E-state index contributed by atoms with van der Waals surface area (Å²) in [6.07, 6.45) is 1.24. The van der Waals surface area contributed by atoms with E-state index in [4.69, 9.17) is 28.9 Å². The second-order valence-corrected chi connectivity index (χ2v) is 2.65. The number of primary amides is 1. The monoisotopic (exact) mass is 220 g/mol. The first-order valence-electron chi connectivity index (χ1n) is 3.72. The van der Waals surface area contributed by atoms with Crippen molar-refractivity contribution in [3.05, 3.63) is 28.0 Å². The number of halogens is 2. The lowest BCUT2D eigenvalue weighted by Crippen LogP contribution is -2.11. The zero-order valence-electron chi connectivity index (χ0n) is 7.34. The van der Waals surface area contributed by atoms with Crippen molar-refractivity contribution >= 4 is 29.1 Å². The van der Waals surface area contributed by atoms with Crippen LogP contribution in [0.4, 0.5) is 0 Å². The summed E-state index contributed by atoms with van der Waals surface area (Å²) in [5.74, 6) is -0.612. The van der Waals surface area contributed by atoms with Crippen LogP contribution in [0.25, 0.3) is 0 Å². The Morgan fingerprint density at radius 2 is 2.00 bits per heavy atom. The molecule has 0 saturated heterocycles. The molecule has 1 aromatic heterocycles. The molecule has 0 bridgehead atoms. The van der Waals surface area contributed by atoms with Gasteiger partial charge in [0.25, 0.3) is 5.91 Å². The Balaban J connectivity index is 0.000000671. The van der Waals surface area contributed by atoms with Crippen LogP contribution in [0.3, 0.4) is 0 Å². The molecule has 0 unspecified atom stereocenters. The molecule has 0 aliphatic rings. The summed E-state index contributed by atoms with van der Waals surface area (Å²) in [5.41, 5.74) is 5.14. The number of carbonyl (C=O) groups is 1. The number of hydrogen-bond acceptors (Lipinski definition) is 2. The van der Waals surface area contributed by atoms with Crippen molar-refractivity contribution < 1.29 is 4.79 Å². The van der Waals surface area contributed by atoms with Crippen LogP contribution in [0.2, 0.25) is 10.2 Å². The molecule has 0 aliphatic heterocycles. The van der Waals surface area contributed by atoms with Gasteiger partial charge in [0.15, 0.2) is 0 Å². The van der Waals surface area contributed by atoms with E-state index in [1.807, 2.05) is 13.8 Å². The Labute approximate surface area is 86.9 Å². The molecule has 72 valence electrons. The van der Waals surface area contributed by atoms with Gasteiger partial charge in [-0.1, -0.05) is 37.0 Å². The lowest BCUT2D eigenvalue weighted by molar-refractivity contribution is 0.1000. The van der Waals surface area contributed by atoms with Gasteiger partial charge in [0.05, 0.1) is 10.6 Å². The van der Waals surface area contributed by atoms with E-state index in [1.54, 1.807) is 0 Å². The maximum absolute atomic E-state index is 10.6. The van der Waals surface area contributed by atoms with Crippen LogP contribution >= 0.6 is 23.2 Å². The van der Waals surface area contributed by atoms with Gasteiger partial charge in [-0.2, -0.15) is 0 Å². The zero-order chi connectivity index (χ0) is 10.4. The maximum Gasteiger partial charge on any atom is 0.251 e. The number of rotatable bonds is 1. The average molecular weight is 221 g/mol. The van der Waals surface area contributed by atoms with Crippen molar-refractivity contribution in [1.29, 1.82) is 0 Å². The highest BCUT2D eigenvalue weighted by Crippen LogP contribution is 2.17. The second kappa shape index (κ2) is 5.78. The highest BCUT2D eigenvalue weighted by molar-refractivity contribution is 6.36. The Hall–Kier alpha value is -0.800. The van der Waals surface area contributed by atoms with Crippen molar-refractivity contribution in [1.82, 2.24) is 4.98 Å². The van der Waals surface area contributed by atoms with E-state index in [1.165, 1.54) is 12.3 Å². The Morgan fingerprint density at radius 3 is 2.38 bits per heavy atom. The first kappa shape index (κ1) is 12.2. The highest BCUT2D eigenvalue weighted by atomic mass is 35.5. The van der Waals surface area contributed by atoms with E-state index in [0.29, 0.717) is 0 Å². The third-order valence-electron chi connectivity index (χ3n) is 1.09. The van der Waals surface area contributed by atoms with Gasteiger partial charge in [-0.25, -0.2) is 4.98 Å². The van der Waals surface area contributed by atoms with E-state index < -0.39 is 5.91 Å². The molecule has 0 fully saturated rings. The molecule has 0 spiro atoms. The predicted octanol–water partition coefficient (Wildman–Crippen LogP) is 2.51. The van der Waals surface area contributed by atoms with Gasteiger partial charge in [0, 0.05) is 6.20 Å². The van der Waals surface area contributed by atoms with Crippen LogP contribution in [-0.4, -0.2) is 10.9 Å². The number of hydrogen-bond donors (Lipinski definition) is 1. The van der Waals surface area contributed by atoms with Crippen LogP contribution < -0.4 is 5.73 Å². The molecule has 1 heterocycles. The summed E-state index contributed by atoms with van der Waals surface area (Å²) in [6, 6.07) is 1.36. The third-order valence-corrected chi connectivity index (χ3v) is 1.60. The van der Waals surface area contributed by atoms with E-state index in [9.17, 15) is 4.79 Å². The average Bonchev–Trinajstić information content (AvgIpc) is 2.07. The fourth-order valence-corrected chi connectivity index (χ4v) is 1.05. The van der Waals surface area contributed by atoms with Gasteiger partial charge in [-0.15, -0.1) is 0 Å². The smallest absolute Gasteiger partial charge is 0.251 e. The summed E-state index contributed by atoms with van der Waals surface area (Å²) in [6.45, 7) is 4.00. The predicted molar refractivity (Wildman–Crippen MR) is 54.1 cm³/mol.